The van der Waals surface area contributed by atoms with Gasteiger partial charge in [-0.15, -0.1) is 0 Å². The summed E-state index contributed by atoms with van der Waals surface area (Å²) in [6.45, 7) is 2.40. The van der Waals surface area contributed by atoms with E-state index in [1.54, 1.807) is 6.07 Å². The quantitative estimate of drug-likeness (QED) is 0.703. The van der Waals surface area contributed by atoms with Gasteiger partial charge in [-0.05, 0) is 48.0 Å². The van der Waals surface area contributed by atoms with Crippen molar-refractivity contribution < 1.29 is 18.8 Å². The van der Waals surface area contributed by atoms with Gasteiger partial charge in [0.1, 0.15) is 6.54 Å². The summed E-state index contributed by atoms with van der Waals surface area (Å²) in [5.41, 5.74) is 1.59. The Morgan fingerprint density at radius 1 is 1.11 bits per heavy atom. The van der Waals surface area contributed by atoms with Crippen LogP contribution >= 0.6 is 0 Å². The number of carbonyl (C=O) groups is 1. The molecule has 0 saturated carbocycles. The van der Waals surface area contributed by atoms with Gasteiger partial charge in [-0.25, -0.2) is 4.39 Å². The van der Waals surface area contributed by atoms with Gasteiger partial charge in [0.15, 0.2) is 17.6 Å². The van der Waals surface area contributed by atoms with E-state index in [-0.39, 0.29) is 17.7 Å². The van der Waals surface area contributed by atoms with Crippen LogP contribution in [0.3, 0.4) is 0 Å². The van der Waals surface area contributed by atoms with Crippen molar-refractivity contribution in [2.45, 2.75) is 19.5 Å². The molecule has 0 radical (unpaired) electrons. The first-order valence-corrected chi connectivity index (χ1v) is 8.92. The summed E-state index contributed by atoms with van der Waals surface area (Å²) in [5, 5.41) is 5.19. The highest BCUT2D eigenvalue weighted by molar-refractivity contribution is 5.96. The maximum absolute atomic E-state index is 13.9. The minimum Gasteiger partial charge on any atom is -0.494 e. The molecule has 0 fully saturated rings. The molecule has 0 saturated heterocycles. The highest BCUT2D eigenvalue weighted by Crippen LogP contribution is 2.19. The molecular weight excluding hydrogens is 343 g/mol. The first kappa shape index (κ1) is 18.9. The van der Waals surface area contributed by atoms with Crippen molar-refractivity contribution in [2.24, 2.45) is 0 Å². The van der Waals surface area contributed by atoms with Crippen molar-refractivity contribution in [3.8, 4) is 5.75 Å². The number of methoxy groups -OCH3 is 1. The molecule has 5 heteroatoms. The second kappa shape index (κ2) is 8.18. The van der Waals surface area contributed by atoms with Crippen LogP contribution in [-0.4, -0.2) is 26.1 Å². The summed E-state index contributed by atoms with van der Waals surface area (Å²) >= 11 is 0. The van der Waals surface area contributed by atoms with Crippen LogP contribution in [0.15, 0.2) is 60.7 Å². The van der Waals surface area contributed by atoms with Crippen molar-refractivity contribution in [1.29, 1.82) is 0 Å². The fourth-order valence-electron chi connectivity index (χ4n) is 3.04. The van der Waals surface area contributed by atoms with Crippen molar-refractivity contribution in [2.75, 3.05) is 19.5 Å². The molecule has 27 heavy (non-hydrogen) atoms. The lowest BCUT2D eigenvalue weighted by molar-refractivity contribution is -0.907. The number of amides is 1. The van der Waals surface area contributed by atoms with E-state index in [2.05, 4.69) is 5.32 Å². The predicted octanol–water partition coefficient (Wildman–Crippen LogP) is 3.03. The third kappa shape index (κ3) is 4.44. The molecule has 3 aromatic carbocycles. The molecule has 140 valence electrons. The number of nitrogens with one attached hydrogen (secondary N) is 2. The van der Waals surface area contributed by atoms with Crippen LogP contribution in [0.1, 0.15) is 12.5 Å². The number of quaternary nitrogens is 1. The number of halogens is 1. The lowest BCUT2D eigenvalue weighted by Gasteiger charge is -2.21. The zero-order valence-electron chi connectivity index (χ0n) is 15.8. The van der Waals surface area contributed by atoms with E-state index >= 15 is 0 Å². The van der Waals surface area contributed by atoms with Crippen molar-refractivity contribution >= 4 is 22.4 Å². The number of benzene rings is 3. The van der Waals surface area contributed by atoms with Crippen LogP contribution in [0, 0.1) is 5.82 Å². The molecule has 0 aliphatic rings. The van der Waals surface area contributed by atoms with Gasteiger partial charge in [-0.1, -0.05) is 30.3 Å². The van der Waals surface area contributed by atoms with Gasteiger partial charge in [0.25, 0.3) is 5.91 Å². The monoisotopic (exact) mass is 367 g/mol. The molecule has 1 unspecified atom stereocenters. The molecule has 0 aromatic heterocycles. The molecule has 0 heterocycles. The summed E-state index contributed by atoms with van der Waals surface area (Å²) in [6.07, 6.45) is 0. The van der Waals surface area contributed by atoms with Gasteiger partial charge in [0.2, 0.25) is 0 Å². The highest BCUT2D eigenvalue weighted by atomic mass is 19.1. The molecule has 4 nitrogen and oxygen atoms in total. The maximum atomic E-state index is 13.9. The number of anilines is 1. The van der Waals surface area contributed by atoms with Crippen molar-refractivity contribution in [3.05, 3.63) is 72.0 Å². The van der Waals surface area contributed by atoms with Gasteiger partial charge in [0.05, 0.1) is 14.2 Å². The molecule has 1 amide bonds. The van der Waals surface area contributed by atoms with Gasteiger partial charge in [-0.2, -0.15) is 0 Å². The number of fused-ring (bicyclic) bond motifs is 1. The standard InChI is InChI=1S/C22H23FN2O2/c1-15(25(2)14-16-8-11-21(27-3)20(23)12-16)22(26)24-19-10-9-17-6-4-5-7-18(17)13-19/h4-13,15H,14H2,1-3H3,(H,24,26)/p+1/t15-/m0/s1. The summed E-state index contributed by atoms with van der Waals surface area (Å²) in [4.78, 5) is 13.6. The Labute approximate surface area is 158 Å². The van der Waals surface area contributed by atoms with Crippen molar-refractivity contribution in [1.82, 2.24) is 0 Å². The number of ether oxygens (including phenoxy) is 1. The molecule has 2 N–H and O–H groups in total. The first-order valence-electron chi connectivity index (χ1n) is 8.92. The van der Waals surface area contributed by atoms with E-state index in [9.17, 15) is 9.18 Å². The minimum atomic E-state index is -0.393. The van der Waals surface area contributed by atoms with Gasteiger partial charge >= 0.3 is 0 Å². The largest absolute Gasteiger partial charge is 0.494 e. The van der Waals surface area contributed by atoms with Gasteiger partial charge in [0, 0.05) is 11.3 Å². The Hall–Kier alpha value is -2.92. The van der Waals surface area contributed by atoms with Crippen LogP contribution in [0.5, 0.6) is 5.75 Å². The van der Waals surface area contributed by atoms with E-state index in [1.165, 1.54) is 13.2 Å². The molecule has 3 rings (SSSR count). The Morgan fingerprint density at radius 2 is 1.85 bits per heavy atom. The van der Waals surface area contributed by atoms with Crippen LogP contribution in [0.4, 0.5) is 10.1 Å². The van der Waals surface area contributed by atoms with Gasteiger partial charge in [-0.3, -0.25) is 4.79 Å². The second-order valence-corrected chi connectivity index (χ2v) is 6.76. The topological polar surface area (TPSA) is 42.8 Å². The normalized spacial score (nSPS) is 13.2. The summed E-state index contributed by atoms with van der Waals surface area (Å²) in [6, 6.07) is 18.5. The molecule has 0 aliphatic carbocycles. The maximum Gasteiger partial charge on any atom is 0.282 e. The average molecular weight is 367 g/mol. The lowest BCUT2D eigenvalue weighted by atomic mass is 10.1. The Morgan fingerprint density at radius 3 is 2.56 bits per heavy atom. The second-order valence-electron chi connectivity index (χ2n) is 6.76. The number of carbonyl (C=O) groups excluding carboxylic acids is 1. The zero-order valence-corrected chi connectivity index (χ0v) is 15.8. The smallest absolute Gasteiger partial charge is 0.282 e. The molecule has 3 aromatic rings. The number of hydrogen-bond donors (Lipinski definition) is 2. The highest BCUT2D eigenvalue weighted by Gasteiger charge is 2.22. The third-order valence-corrected chi connectivity index (χ3v) is 4.85. The number of likely N-dealkylation sites (N-methyl/N-ethyl adjacent to an activating group) is 1. The number of hydrogen-bond acceptors (Lipinski definition) is 2. The Kier molecular flexibility index (Phi) is 5.72. The Bertz CT molecular complexity index is 958. The predicted molar refractivity (Wildman–Crippen MR) is 106 cm³/mol. The first-order chi connectivity index (χ1) is 13.0. The van der Waals surface area contributed by atoms with E-state index in [1.807, 2.05) is 62.5 Å². The van der Waals surface area contributed by atoms with Crippen LogP contribution in [-0.2, 0) is 11.3 Å². The fourth-order valence-corrected chi connectivity index (χ4v) is 3.04. The summed E-state index contributed by atoms with van der Waals surface area (Å²) < 4.78 is 18.8. The fraction of sp³-hybridized carbons (Fsp3) is 0.227. The van der Waals surface area contributed by atoms with Crippen LogP contribution < -0.4 is 15.0 Å². The minimum absolute atomic E-state index is 0.0724. The lowest BCUT2D eigenvalue weighted by Crippen LogP contribution is -3.12. The molecule has 2 atom stereocenters. The third-order valence-electron chi connectivity index (χ3n) is 4.85. The van der Waals surface area contributed by atoms with Crippen LogP contribution in [0.25, 0.3) is 10.8 Å². The average Bonchev–Trinajstić information content (AvgIpc) is 2.67. The molecular formula is C22H24FN2O2+. The zero-order chi connectivity index (χ0) is 19.4. The van der Waals surface area contributed by atoms with Gasteiger partial charge < -0.3 is 15.0 Å². The molecule has 0 spiro atoms. The molecule has 0 aliphatic heterocycles. The van der Waals surface area contributed by atoms with Crippen LogP contribution in [0.2, 0.25) is 0 Å². The Balaban J connectivity index is 1.65. The van der Waals surface area contributed by atoms with E-state index in [0.717, 1.165) is 26.9 Å². The number of rotatable bonds is 6. The van der Waals surface area contributed by atoms with E-state index in [0.29, 0.717) is 6.54 Å². The summed E-state index contributed by atoms with van der Waals surface area (Å²) in [5.74, 6) is -0.244. The SMILES string of the molecule is COc1ccc(C[NH+](C)[C@@H](C)C(=O)Nc2ccc3ccccc3c2)cc1F. The van der Waals surface area contributed by atoms with Crippen molar-refractivity contribution in [3.63, 3.8) is 0 Å². The van der Waals surface area contributed by atoms with E-state index in [4.69, 9.17) is 4.74 Å². The summed E-state index contributed by atoms with van der Waals surface area (Å²) in [7, 11) is 3.36. The van der Waals surface area contributed by atoms with E-state index < -0.39 is 5.82 Å². The molecule has 0 bridgehead atoms.